The van der Waals surface area contributed by atoms with E-state index in [1.54, 1.807) is 7.05 Å². The molecular formula is C14H25IN4O2S. The van der Waals surface area contributed by atoms with Crippen LogP contribution in [0.2, 0.25) is 0 Å². The third-order valence-corrected chi connectivity index (χ3v) is 3.68. The Morgan fingerprint density at radius 3 is 2.41 bits per heavy atom. The summed E-state index contributed by atoms with van der Waals surface area (Å²) in [6, 6.07) is 6.32. The van der Waals surface area contributed by atoms with Gasteiger partial charge in [-0.15, -0.1) is 24.0 Å². The molecule has 0 aliphatic carbocycles. The van der Waals surface area contributed by atoms with E-state index in [0.29, 0.717) is 25.6 Å². The van der Waals surface area contributed by atoms with Gasteiger partial charge in [0, 0.05) is 26.7 Å². The second-order valence-electron chi connectivity index (χ2n) is 4.95. The maximum Gasteiger partial charge on any atom is 0.208 e. The minimum Gasteiger partial charge on any atom is -0.355 e. The number of halogens is 1. The first kappa shape index (κ1) is 21.1. The molecule has 22 heavy (non-hydrogen) atoms. The maximum atomic E-state index is 10.9. The Kier molecular flexibility index (Phi) is 9.61. The van der Waals surface area contributed by atoms with Gasteiger partial charge in [0.05, 0.1) is 6.26 Å². The van der Waals surface area contributed by atoms with Gasteiger partial charge < -0.3 is 10.6 Å². The molecule has 1 rings (SSSR count). The normalized spacial score (nSPS) is 11.7. The van der Waals surface area contributed by atoms with E-state index < -0.39 is 10.0 Å². The van der Waals surface area contributed by atoms with E-state index in [-0.39, 0.29) is 24.0 Å². The van der Waals surface area contributed by atoms with Crippen LogP contribution in [0.4, 0.5) is 0 Å². The first-order valence-electron chi connectivity index (χ1n) is 6.77. The van der Waals surface area contributed by atoms with Crippen molar-refractivity contribution in [2.75, 3.05) is 26.4 Å². The third-order valence-electron chi connectivity index (χ3n) is 2.95. The average molecular weight is 440 g/mol. The highest BCUT2D eigenvalue weighted by Gasteiger charge is 2.02. The highest BCUT2D eigenvalue weighted by Crippen LogP contribution is 2.09. The van der Waals surface area contributed by atoms with Gasteiger partial charge in [-0.05, 0) is 25.0 Å². The van der Waals surface area contributed by atoms with E-state index >= 15 is 0 Å². The van der Waals surface area contributed by atoms with Crippen LogP contribution >= 0.6 is 24.0 Å². The van der Waals surface area contributed by atoms with Gasteiger partial charge in [-0.3, -0.25) is 4.99 Å². The Balaban J connectivity index is 0.00000441. The fourth-order valence-corrected chi connectivity index (χ4v) is 2.33. The Labute approximate surface area is 150 Å². The van der Waals surface area contributed by atoms with Crippen molar-refractivity contribution in [1.29, 1.82) is 0 Å². The third kappa shape index (κ3) is 8.54. The average Bonchev–Trinajstić information content (AvgIpc) is 2.38. The minimum absolute atomic E-state index is 0. The lowest BCUT2D eigenvalue weighted by Gasteiger charge is -2.13. The number of rotatable bonds is 6. The first-order valence-corrected chi connectivity index (χ1v) is 8.66. The van der Waals surface area contributed by atoms with E-state index in [2.05, 4.69) is 52.4 Å². The summed E-state index contributed by atoms with van der Waals surface area (Å²) in [6.07, 6.45) is 1.14. The molecule has 6 nitrogen and oxygen atoms in total. The molecule has 0 aliphatic heterocycles. The van der Waals surface area contributed by atoms with Crippen LogP contribution in [0, 0.1) is 13.8 Å². The summed E-state index contributed by atoms with van der Waals surface area (Å²) >= 11 is 0. The lowest BCUT2D eigenvalue weighted by Crippen LogP contribution is -2.41. The molecule has 0 radical (unpaired) electrons. The van der Waals surface area contributed by atoms with Crippen LogP contribution in [-0.2, 0) is 16.6 Å². The number of sulfonamides is 1. The summed E-state index contributed by atoms with van der Waals surface area (Å²) in [5.74, 6) is 0.644. The Hall–Kier alpha value is -0.870. The summed E-state index contributed by atoms with van der Waals surface area (Å²) < 4.78 is 24.3. The Morgan fingerprint density at radius 1 is 1.18 bits per heavy atom. The highest BCUT2D eigenvalue weighted by atomic mass is 127. The van der Waals surface area contributed by atoms with Gasteiger partial charge in [-0.2, -0.15) is 0 Å². The quantitative estimate of drug-likeness (QED) is 0.268. The molecule has 0 spiro atoms. The minimum atomic E-state index is -3.14. The highest BCUT2D eigenvalue weighted by molar-refractivity contribution is 14.0. The molecule has 0 saturated carbocycles. The van der Waals surface area contributed by atoms with Gasteiger partial charge in [-0.1, -0.05) is 23.8 Å². The SMILES string of the molecule is CN=C(NCCNS(C)(=O)=O)NCc1ccc(C)cc1C.I. The number of hydrogen-bond acceptors (Lipinski definition) is 3. The number of benzene rings is 1. The predicted molar refractivity (Wildman–Crippen MR) is 102 cm³/mol. The van der Waals surface area contributed by atoms with E-state index in [1.165, 1.54) is 16.7 Å². The summed E-state index contributed by atoms with van der Waals surface area (Å²) in [4.78, 5) is 4.10. The predicted octanol–water partition coefficient (Wildman–Crippen LogP) is 1.14. The van der Waals surface area contributed by atoms with Crippen molar-refractivity contribution in [1.82, 2.24) is 15.4 Å². The number of guanidine groups is 1. The molecule has 0 aliphatic rings. The molecular weight excluding hydrogens is 415 g/mol. The van der Waals surface area contributed by atoms with E-state index in [9.17, 15) is 8.42 Å². The molecule has 126 valence electrons. The number of hydrogen-bond donors (Lipinski definition) is 3. The molecule has 8 heteroatoms. The molecule has 3 N–H and O–H groups in total. The van der Waals surface area contributed by atoms with E-state index in [4.69, 9.17) is 0 Å². The summed E-state index contributed by atoms with van der Waals surface area (Å²) in [7, 11) is -1.46. The van der Waals surface area contributed by atoms with Crippen LogP contribution in [0.15, 0.2) is 23.2 Å². The van der Waals surface area contributed by atoms with Crippen LogP contribution in [0.5, 0.6) is 0 Å². The van der Waals surface area contributed by atoms with Gasteiger partial charge in [0.15, 0.2) is 5.96 Å². The molecule has 0 fully saturated rings. The van der Waals surface area contributed by atoms with Crippen LogP contribution in [0.1, 0.15) is 16.7 Å². The zero-order chi connectivity index (χ0) is 15.9. The van der Waals surface area contributed by atoms with E-state index in [0.717, 1.165) is 6.26 Å². The van der Waals surface area contributed by atoms with Crippen LogP contribution < -0.4 is 15.4 Å². The molecule has 0 bridgehead atoms. The zero-order valence-corrected chi connectivity index (χ0v) is 16.6. The molecule has 0 amide bonds. The second-order valence-corrected chi connectivity index (χ2v) is 6.78. The number of aliphatic imine (C=N–C) groups is 1. The van der Waals surface area contributed by atoms with Crippen LogP contribution in [-0.4, -0.2) is 40.8 Å². The van der Waals surface area contributed by atoms with Crippen molar-refractivity contribution in [2.24, 2.45) is 4.99 Å². The van der Waals surface area contributed by atoms with Crippen molar-refractivity contribution >= 4 is 40.0 Å². The summed E-state index contributed by atoms with van der Waals surface area (Å²) in [5, 5.41) is 6.26. The number of nitrogens with one attached hydrogen (secondary N) is 3. The van der Waals surface area contributed by atoms with Crippen LogP contribution in [0.25, 0.3) is 0 Å². The molecule has 0 saturated heterocycles. The van der Waals surface area contributed by atoms with Gasteiger partial charge in [0.25, 0.3) is 0 Å². The van der Waals surface area contributed by atoms with Gasteiger partial charge in [-0.25, -0.2) is 13.1 Å². The fourth-order valence-electron chi connectivity index (χ4n) is 1.86. The van der Waals surface area contributed by atoms with Crippen molar-refractivity contribution in [3.8, 4) is 0 Å². The lowest BCUT2D eigenvalue weighted by atomic mass is 10.1. The van der Waals surface area contributed by atoms with Gasteiger partial charge >= 0.3 is 0 Å². The lowest BCUT2D eigenvalue weighted by molar-refractivity contribution is 0.586. The Bertz CT molecular complexity index is 603. The first-order chi connectivity index (χ1) is 9.81. The smallest absolute Gasteiger partial charge is 0.208 e. The largest absolute Gasteiger partial charge is 0.355 e. The van der Waals surface area contributed by atoms with Crippen molar-refractivity contribution in [3.05, 3.63) is 34.9 Å². The molecule has 0 unspecified atom stereocenters. The van der Waals surface area contributed by atoms with Crippen molar-refractivity contribution in [3.63, 3.8) is 0 Å². The maximum absolute atomic E-state index is 10.9. The molecule has 0 aromatic heterocycles. The topological polar surface area (TPSA) is 82.6 Å². The second kappa shape index (κ2) is 10.0. The molecule has 0 atom stereocenters. The zero-order valence-electron chi connectivity index (χ0n) is 13.4. The molecule has 0 heterocycles. The van der Waals surface area contributed by atoms with E-state index in [1.807, 2.05) is 0 Å². The number of aryl methyl sites for hydroxylation is 2. The molecule has 1 aromatic carbocycles. The molecule has 1 aromatic rings. The summed E-state index contributed by atoms with van der Waals surface area (Å²) in [5.41, 5.74) is 3.68. The summed E-state index contributed by atoms with van der Waals surface area (Å²) in [6.45, 7) is 5.61. The fraction of sp³-hybridized carbons (Fsp3) is 0.500. The van der Waals surface area contributed by atoms with Crippen molar-refractivity contribution < 1.29 is 8.42 Å². The monoisotopic (exact) mass is 440 g/mol. The van der Waals surface area contributed by atoms with Gasteiger partial charge in [0.2, 0.25) is 10.0 Å². The van der Waals surface area contributed by atoms with Crippen molar-refractivity contribution in [2.45, 2.75) is 20.4 Å². The van der Waals surface area contributed by atoms with Gasteiger partial charge in [0.1, 0.15) is 0 Å². The number of nitrogens with zero attached hydrogens (tertiary/aromatic N) is 1. The standard InChI is InChI=1S/C14H24N4O2S.HI/c1-11-5-6-13(12(2)9-11)10-17-14(15-3)16-7-8-18-21(4,19)20;/h5-6,9,18H,7-8,10H2,1-4H3,(H2,15,16,17);1H. The Morgan fingerprint density at radius 2 is 1.86 bits per heavy atom. The van der Waals surface area contributed by atoms with Crippen LogP contribution in [0.3, 0.4) is 0 Å².